The molecule has 4 N–H and O–H groups in total. The number of rotatable bonds is 8. The molecule has 1 aliphatic heterocycles. The maximum absolute atomic E-state index is 13.0. The number of carbonyl (C=O) groups excluding carboxylic acids is 3. The van der Waals surface area contributed by atoms with Crippen LogP contribution >= 0.6 is 0 Å². The quantitative estimate of drug-likeness (QED) is 0.459. The minimum absolute atomic E-state index is 0.0626. The van der Waals surface area contributed by atoms with Crippen LogP contribution in [0, 0.1) is 11.8 Å². The average molecular weight is 480 g/mol. The Bertz CT molecular complexity index is 1100. The van der Waals surface area contributed by atoms with Gasteiger partial charge in [0.05, 0.1) is 0 Å². The summed E-state index contributed by atoms with van der Waals surface area (Å²) in [4.78, 5) is 49.2. The van der Waals surface area contributed by atoms with Crippen LogP contribution in [-0.2, 0) is 19.1 Å². The Kier molecular flexibility index (Phi) is 7.04. The van der Waals surface area contributed by atoms with Crippen molar-refractivity contribution in [3.63, 3.8) is 0 Å². The second-order valence-corrected chi connectivity index (χ2v) is 9.01. The van der Waals surface area contributed by atoms with Gasteiger partial charge in [0.1, 0.15) is 24.6 Å². The van der Waals surface area contributed by atoms with Crippen LogP contribution < -0.4 is 16.0 Å². The normalized spacial score (nSPS) is 20.2. The molecule has 4 atom stereocenters. The summed E-state index contributed by atoms with van der Waals surface area (Å²) in [7, 11) is 0. The number of hydrogen-bond acceptors (Lipinski definition) is 5. The zero-order chi connectivity index (χ0) is 25.1. The van der Waals surface area contributed by atoms with E-state index in [1.165, 1.54) is 0 Å². The van der Waals surface area contributed by atoms with E-state index >= 15 is 0 Å². The van der Waals surface area contributed by atoms with Crippen LogP contribution in [0.3, 0.4) is 0 Å². The van der Waals surface area contributed by atoms with E-state index < -0.39 is 41.9 Å². The molecule has 4 rings (SSSR count). The molecule has 9 heteroatoms. The molecule has 1 heterocycles. The molecule has 0 spiro atoms. The Morgan fingerprint density at radius 2 is 1.69 bits per heavy atom. The Morgan fingerprint density at radius 3 is 2.26 bits per heavy atom. The van der Waals surface area contributed by atoms with Gasteiger partial charge in [-0.1, -0.05) is 68.8 Å². The van der Waals surface area contributed by atoms with Gasteiger partial charge in [-0.25, -0.2) is 4.79 Å². The molecule has 2 aromatic rings. The molecule has 2 aliphatic rings. The molecule has 9 nitrogen and oxygen atoms in total. The molecular weight excluding hydrogens is 450 g/mol. The fraction of sp³-hybridized carbons (Fsp3) is 0.385. The number of hydrogen-bond donors (Lipinski definition) is 4. The van der Waals surface area contributed by atoms with Crippen molar-refractivity contribution < 1.29 is 29.0 Å². The van der Waals surface area contributed by atoms with Gasteiger partial charge in [-0.15, -0.1) is 0 Å². The monoisotopic (exact) mass is 479 g/mol. The number of carbonyl (C=O) groups is 4. The van der Waals surface area contributed by atoms with Gasteiger partial charge in [0.15, 0.2) is 0 Å². The molecule has 3 amide bonds. The van der Waals surface area contributed by atoms with Gasteiger partial charge in [0.2, 0.25) is 11.8 Å². The molecule has 1 aliphatic carbocycles. The molecule has 0 saturated carbocycles. The lowest BCUT2D eigenvalue weighted by atomic mass is 9.97. The number of amides is 3. The first kappa shape index (κ1) is 24.3. The lowest BCUT2D eigenvalue weighted by Gasteiger charge is -2.25. The van der Waals surface area contributed by atoms with Crippen molar-refractivity contribution in [3.8, 4) is 11.1 Å². The lowest BCUT2D eigenvalue weighted by molar-refractivity contribution is -0.143. The highest BCUT2D eigenvalue weighted by atomic mass is 16.5. The minimum Gasteiger partial charge on any atom is -0.481 e. The predicted octanol–water partition coefficient (Wildman–Crippen LogP) is 2.26. The van der Waals surface area contributed by atoms with Crippen LogP contribution in [0.5, 0.6) is 0 Å². The fourth-order valence-electron chi connectivity index (χ4n) is 4.73. The maximum Gasteiger partial charge on any atom is 0.407 e. The molecule has 184 valence electrons. The van der Waals surface area contributed by atoms with Crippen molar-refractivity contribution in [1.29, 1.82) is 0 Å². The predicted molar refractivity (Wildman–Crippen MR) is 128 cm³/mol. The Hall–Kier alpha value is -3.88. The van der Waals surface area contributed by atoms with Crippen molar-refractivity contribution in [2.45, 2.75) is 38.3 Å². The van der Waals surface area contributed by atoms with E-state index in [2.05, 4.69) is 16.0 Å². The van der Waals surface area contributed by atoms with Crippen molar-refractivity contribution in [2.24, 2.45) is 11.8 Å². The Labute approximate surface area is 203 Å². The summed E-state index contributed by atoms with van der Waals surface area (Å²) < 4.78 is 5.56. The van der Waals surface area contributed by atoms with Crippen LogP contribution in [0.15, 0.2) is 48.5 Å². The van der Waals surface area contributed by atoms with E-state index in [1.807, 2.05) is 55.5 Å². The van der Waals surface area contributed by atoms with E-state index in [1.54, 1.807) is 6.92 Å². The lowest BCUT2D eigenvalue weighted by Crippen LogP contribution is -2.55. The second kappa shape index (κ2) is 10.2. The standard InChI is InChI=1S/C26H29N3O6/c1-3-14(2)21(24(31)28-22-19(25(32)33)12-27-23(22)30)29-26(34)35-13-20-17-10-6-4-8-15(17)16-9-5-7-11-18(16)20/h4-11,14,19-22H,3,12-13H2,1-2H3,(H,27,30)(H,28,31)(H,29,34)(H,32,33)/t14?,19?,21-,22?/m0/s1. The molecule has 3 unspecified atom stereocenters. The van der Waals surface area contributed by atoms with E-state index in [4.69, 9.17) is 4.74 Å². The first-order chi connectivity index (χ1) is 16.8. The number of alkyl carbamates (subject to hydrolysis) is 1. The van der Waals surface area contributed by atoms with Crippen LogP contribution in [0.25, 0.3) is 11.1 Å². The Balaban J connectivity index is 1.43. The number of carboxylic acid groups (broad SMARTS) is 1. The molecule has 1 saturated heterocycles. The summed E-state index contributed by atoms with van der Waals surface area (Å²) in [6, 6.07) is 13.8. The average Bonchev–Trinajstić information content (AvgIpc) is 3.38. The van der Waals surface area contributed by atoms with E-state index in [-0.39, 0.29) is 25.0 Å². The third kappa shape index (κ3) is 4.84. The van der Waals surface area contributed by atoms with Crippen molar-refractivity contribution in [2.75, 3.05) is 13.2 Å². The van der Waals surface area contributed by atoms with Crippen molar-refractivity contribution in [3.05, 3.63) is 59.7 Å². The summed E-state index contributed by atoms with van der Waals surface area (Å²) in [6.45, 7) is 3.69. The van der Waals surface area contributed by atoms with E-state index in [9.17, 15) is 24.3 Å². The van der Waals surface area contributed by atoms with Crippen LogP contribution in [0.1, 0.15) is 37.3 Å². The highest BCUT2D eigenvalue weighted by Gasteiger charge is 2.42. The number of nitrogens with one attached hydrogen (secondary N) is 3. The summed E-state index contributed by atoms with van der Waals surface area (Å²) in [5.74, 6) is -3.83. The molecular formula is C26H29N3O6. The van der Waals surface area contributed by atoms with Gasteiger partial charge >= 0.3 is 12.1 Å². The van der Waals surface area contributed by atoms with Gasteiger partial charge in [0, 0.05) is 12.5 Å². The minimum atomic E-state index is -1.20. The van der Waals surface area contributed by atoms with Gasteiger partial charge < -0.3 is 25.8 Å². The summed E-state index contributed by atoms with van der Waals surface area (Å²) in [6.07, 6.45) is -0.181. The summed E-state index contributed by atoms with van der Waals surface area (Å²) in [5, 5.41) is 16.9. The molecule has 1 fully saturated rings. The molecule has 0 radical (unpaired) electrons. The molecule has 0 bridgehead atoms. The van der Waals surface area contributed by atoms with Crippen molar-refractivity contribution >= 4 is 23.9 Å². The third-order valence-corrected chi connectivity index (χ3v) is 6.91. The molecule has 2 aromatic carbocycles. The topological polar surface area (TPSA) is 134 Å². The number of fused-ring (bicyclic) bond motifs is 3. The maximum atomic E-state index is 13.0. The fourth-order valence-corrected chi connectivity index (χ4v) is 4.73. The van der Waals surface area contributed by atoms with E-state index in [0.717, 1.165) is 22.3 Å². The zero-order valence-electron chi connectivity index (χ0n) is 19.6. The number of ether oxygens (including phenoxy) is 1. The second-order valence-electron chi connectivity index (χ2n) is 9.01. The highest BCUT2D eigenvalue weighted by molar-refractivity contribution is 5.96. The smallest absolute Gasteiger partial charge is 0.407 e. The third-order valence-electron chi connectivity index (χ3n) is 6.91. The number of carboxylic acids is 1. The summed E-state index contributed by atoms with van der Waals surface area (Å²) >= 11 is 0. The van der Waals surface area contributed by atoms with Crippen LogP contribution in [0.4, 0.5) is 4.79 Å². The first-order valence-electron chi connectivity index (χ1n) is 11.7. The number of benzene rings is 2. The van der Waals surface area contributed by atoms with E-state index in [0.29, 0.717) is 6.42 Å². The van der Waals surface area contributed by atoms with Crippen molar-refractivity contribution in [1.82, 2.24) is 16.0 Å². The Morgan fingerprint density at radius 1 is 1.09 bits per heavy atom. The highest BCUT2D eigenvalue weighted by Crippen LogP contribution is 2.44. The van der Waals surface area contributed by atoms with Crippen LogP contribution in [0.2, 0.25) is 0 Å². The van der Waals surface area contributed by atoms with Crippen LogP contribution in [-0.4, -0.2) is 54.2 Å². The molecule has 0 aromatic heterocycles. The van der Waals surface area contributed by atoms with Gasteiger partial charge in [-0.2, -0.15) is 0 Å². The molecule has 35 heavy (non-hydrogen) atoms. The van der Waals surface area contributed by atoms with Gasteiger partial charge in [-0.05, 0) is 28.2 Å². The zero-order valence-corrected chi connectivity index (χ0v) is 19.6. The largest absolute Gasteiger partial charge is 0.481 e. The SMILES string of the molecule is CCC(C)[C@H](NC(=O)OCC1c2ccccc2-c2ccccc21)C(=O)NC1C(=O)NCC1C(=O)O. The van der Waals surface area contributed by atoms with Gasteiger partial charge in [-0.3, -0.25) is 14.4 Å². The first-order valence-corrected chi connectivity index (χ1v) is 11.7. The number of aliphatic carboxylic acids is 1. The van der Waals surface area contributed by atoms with Gasteiger partial charge in [0.25, 0.3) is 0 Å². The summed E-state index contributed by atoms with van der Waals surface area (Å²) in [5.41, 5.74) is 4.36.